The Labute approximate surface area is 166 Å². The number of benzene rings is 1. The molecular weight excluding hydrogens is 370 g/mol. The maximum Gasteiger partial charge on any atom is 0.258 e. The zero-order chi connectivity index (χ0) is 19.1. The van der Waals surface area contributed by atoms with Crippen LogP contribution in [0, 0.1) is 0 Å². The fourth-order valence-corrected chi connectivity index (χ4v) is 4.22. The van der Waals surface area contributed by atoms with E-state index in [1.165, 1.54) is 0 Å². The van der Waals surface area contributed by atoms with Crippen LogP contribution in [0.3, 0.4) is 0 Å². The van der Waals surface area contributed by atoms with E-state index in [9.17, 15) is 4.79 Å². The van der Waals surface area contributed by atoms with E-state index < -0.39 is 0 Å². The normalized spacial score (nSPS) is 15.3. The first-order valence-electron chi connectivity index (χ1n) is 8.93. The number of aromatic nitrogens is 1. The molecule has 0 saturated carbocycles. The molecule has 0 atom stereocenters. The molecule has 1 amide bonds. The van der Waals surface area contributed by atoms with E-state index in [-0.39, 0.29) is 5.91 Å². The third-order valence-electron chi connectivity index (χ3n) is 4.96. The van der Waals surface area contributed by atoms with E-state index in [2.05, 4.69) is 11.1 Å². The standard InChI is InChI=1S/C22H17N3O2S/c23-20-6-3-15-11-25(12-19(15)20)22(26)14-1-4-17(5-2-14)27-13-16-7-9-24-21-18(16)8-10-28-21/h1-10,12H,11,13,23H2. The third-order valence-corrected chi connectivity index (χ3v) is 5.78. The van der Waals surface area contributed by atoms with Crippen molar-refractivity contribution in [2.75, 3.05) is 6.54 Å². The van der Waals surface area contributed by atoms with Crippen molar-refractivity contribution >= 4 is 27.5 Å². The zero-order valence-electron chi connectivity index (χ0n) is 15.0. The molecule has 0 saturated heterocycles. The summed E-state index contributed by atoms with van der Waals surface area (Å²) < 4.78 is 5.91. The first kappa shape index (κ1) is 16.8. The summed E-state index contributed by atoms with van der Waals surface area (Å²) in [6.45, 7) is 1.02. The summed E-state index contributed by atoms with van der Waals surface area (Å²) in [5.41, 5.74) is 10.4. The molecule has 0 fully saturated rings. The van der Waals surface area contributed by atoms with Crippen molar-refractivity contribution in [1.29, 1.82) is 0 Å². The van der Waals surface area contributed by atoms with Gasteiger partial charge in [0.2, 0.25) is 0 Å². The second-order valence-electron chi connectivity index (χ2n) is 6.71. The van der Waals surface area contributed by atoms with Gasteiger partial charge >= 0.3 is 0 Å². The smallest absolute Gasteiger partial charge is 0.258 e. The van der Waals surface area contributed by atoms with Crippen molar-refractivity contribution in [1.82, 2.24) is 9.88 Å². The number of carbonyl (C=O) groups is 1. The summed E-state index contributed by atoms with van der Waals surface area (Å²) in [4.78, 5) is 19.8. The Bertz CT molecular complexity index is 1170. The molecular formula is C22H17N3O2S. The van der Waals surface area contributed by atoms with Crippen LogP contribution in [0.15, 0.2) is 83.2 Å². The van der Waals surface area contributed by atoms with Crippen molar-refractivity contribution in [2.45, 2.75) is 6.61 Å². The molecule has 2 aliphatic rings. The highest BCUT2D eigenvalue weighted by Gasteiger charge is 2.26. The van der Waals surface area contributed by atoms with E-state index in [1.807, 2.05) is 41.9 Å². The topological polar surface area (TPSA) is 68.5 Å². The van der Waals surface area contributed by atoms with Crippen LogP contribution in [-0.2, 0) is 6.61 Å². The van der Waals surface area contributed by atoms with Crippen LogP contribution in [0.2, 0.25) is 0 Å². The van der Waals surface area contributed by atoms with Crippen molar-refractivity contribution < 1.29 is 9.53 Å². The summed E-state index contributed by atoms with van der Waals surface area (Å²) in [7, 11) is 0. The average Bonchev–Trinajstić information content (AvgIpc) is 3.44. The molecule has 0 bridgehead atoms. The summed E-state index contributed by atoms with van der Waals surface area (Å²) in [6, 6.07) is 11.3. The first-order chi connectivity index (χ1) is 13.7. The van der Waals surface area contributed by atoms with E-state index >= 15 is 0 Å². The van der Waals surface area contributed by atoms with Gasteiger partial charge in [-0.3, -0.25) is 4.79 Å². The average molecular weight is 387 g/mol. The van der Waals surface area contributed by atoms with Gasteiger partial charge in [-0.25, -0.2) is 4.98 Å². The van der Waals surface area contributed by atoms with Crippen LogP contribution >= 0.6 is 11.3 Å². The van der Waals surface area contributed by atoms with Gasteiger partial charge in [-0.2, -0.15) is 0 Å². The predicted molar refractivity (Wildman–Crippen MR) is 110 cm³/mol. The lowest BCUT2D eigenvalue weighted by Gasteiger charge is -2.14. The number of thiophene rings is 1. The van der Waals surface area contributed by atoms with Crippen molar-refractivity contribution in [3.63, 3.8) is 0 Å². The van der Waals surface area contributed by atoms with Crippen LogP contribution in [0.5, 0.6) is 5.75 Å². The third kappa shape index (κ3) is 2.88. The molecule has 0 spiro atoms. The Morgan fingerprint density at radius 3 is 2.86 bits per heavy atom. The number of hydrogen-bond acceptors (Lipinski definition) is 5. The highest BCUT2D eigenvalue weighted by Crippen LogP contribution is 2.30. The van der Waals surface area contributed by atoms with Crippen LogP contribution in [-0.4, -0.2) is 22.3 Å². The number of rotatable bonds is 4. The number of pyridine rings is 1. The Morgan fingerprint density at radius 1 is 1.18 bits per heavy atom. The molecule has 3 heterocycles. The summed E-state index contributed by atoms with van der Waals surface area (Å²) in [6.07, 6.45) is 7.47. The minimum absolute atomic E-state index is 0.0451. The van der Waals surface area contributed by atoms with Crippen molar-refractivity contribution in [3.05, 3.63) is 94.3 Å². The summed E-state index contributed by atoms with van der Waals surface area (Å²) in [5, 5.41) is 3.15. The van der Waals surface area contributed by atoms with Crippen LogP contribution < -0.4 is 10.5 Å². The second kappa shape index (κ2) is 6.65. The number of hydrogen-bond donors (Lipinski definition) is 1. The van der Waals surface area contributed by atoms with Gasteiger partial charge in [-0.15, -0.1) is 11.3 Å². The predicted octanol–water partition coefficient (Wildman–Crippen LogP) is 4.00. The lowest BCUT2D eigenvalue weighted by Crippen LogP contribution is -2.24. The fourth-order valence-electron chi connectivity index (χ4n) is 3.44. The number of nitrogens with two attached hydrogens (primary N) is 1. The number of nitrogens with zero attached hydrogens (tertiary/aromatic N) is 2. The minimum Gasteiger partial charge on any atom is -0.489 e. The summed E-state index contributed by atoms with van der Waals surface area (Å²) in [5.74, 6) is 0.680. The largest absolute Gasteiger partial charge is 0.489 e. The van der Waals surface area contributed by atoms with Crippen molar-refractivity contribution in [3.8, 4) is 5.75 Å². The van der Waals surface area contributed by atoms with E-state index in [4.69, 9.17) is 10.5 Å². The number of ether oxygens (including phenoxy) is 1. The van der Waals surface area contributed by atoms with Gasteiger partial charge in [-0.05, 0) is 53.4 Å². The molecule has 28 heavy (non-hydrogen) atoms. The number of carbonyl (C=O) groups excluding carboxylic acids is 1. The molecule has 3 aromatic rings. The molecule has 5 nitrogen and oxygen atoms in total. The van der Waals surface area contributed by atoms with Gasteiger partial charge in [0.25, 0.3) is 5.91 Å². The molecule has 2 N–H and O–H groups in total. The molecule has 138 valence electrons. The van der Waals surface area contributed by atoms with Gasteiger partial charge in [0.15, 0.2) is 0 Å². The maximum absolute atomic E-state index is 12.7. The van der Waals surface area contributed by atoms with Gasteiger partial charge in [0, 0.05) is 40.2 Å². The SMILES string of the molecule is NC1=CC=C2CN(C(=O)c3ccc(OCc4ccnc5sccc45)cc3)C=C12. The highest BCUT2D eigenvalue weighted by atomic mass is 32.1. The Morgan fingerprint density at radius 2 is 2.04 bits per heavy atom. The fraction of sp³-hybridized carbons (Fsp3) is 0.0909. The molecule has 1 aliphatic carbocycles. The van der Waals surface area contributed by atoms with E-state index in [0.29, 0.717) is 24.4 Å². The molecule has 5 rings (SSSR count). The Kier molecular flexibility index (Phi) is 3.98. The zero-order valence-corrected chi connectivity index (χ0v) is 15.8. The lowest BCUT2D eigenvalue weighted by atomic mass is 10.1. The molecule has 6 heteroatoms. The van der Waals surface area contributed by atoms with E-state index in [0.717, 1.165) is 32.7 Å². The maximum atomic E-state index is 12.7. The first-order valence-corrected chi connectivity index (χ1v) is 9.81. The van der Waals surface area contributed by atoms with Crippen LogP contribution in [0.25, 0.3) is 10.2 Å². The molecule has 0 radical (unpaired) electrons. The quantitative estimate of drug-likeness (QED) is 0.735. The van der Waals surface area contributed by atoms with Crippen molar-refractivity contribution in [2.24, 2.45) is 5.73 Å². The monoisotopic (exact) mass is 387 g/mol. The Balaban J connectivity index is 1.27. The molecule has 1 aliphatic heterocycles. The van der Waals surface area contributed by atoms with Crippen LogP contribution in [0.4, 0.5) is 0 Å². The minimum atomic E-state index is -0.0451. The second-order valence-corrected chi connectivity index (χ2v) is 7.61. The van der Waals surface area contributed by atoms with E-state index in [1.54, 1.807) is 34.6 Å². The molecule has 0 unspecified atom stereocenters. The summed E-state index contributed by atoms with van der Waals surface area (Å²) >= 11 is 1.62. The van der Waals surface area contributed by atoms with Gasteiger partial charge in [0.1, 0.15) is 17.2 Å². The number of fused-ring (bicyclic) bond motifs is 2. The Hall–Kier alpha value is -3.38. The van der Waals surface area contributed by atoms with Gasteiger partial charge in [0.05, 0.1) is 6.54 Å². The number of allylic oxidation sites excluding steroid dienone is 3. The number of amides is 1. The van der Waals surface area contributed by atoms with Gasteiger partial charge in [-0.1, -0.05) is 6.08 Å². The molecule has 2 aromatic heterocycles. The highest BCUT2D eigenvalue weighted by molar-refractivity contribution is 7.16. The van der Waals surface area contributed by atoms with Crippen LogP contribution in [0.1, 0.15) is 15.9 Å². The lowest BCUT2D eigenvalue weighted by molar-refractivity contribution is 0.0839. The molecule has 1 aromatic carbocycles. The van der Waals surface area contributed by atoms with Gasteiger partial charge < -0.3 is 15.4 Å².